The van der Waals surface area contributed by atoms with Crippen LogP contribution in [0.5, 0.6) is 5.75 Å². The normalized spacial score (nSPS) is 23.9. The van der Waals surface area contributed by atoms with Crippen molar-refractivity contribution in [3.8, 4) is 5.75 Å². The smallest absolute Gasteiger partial charge is 0.226 e. The minimum absolute atomic E-state index is 0.110. The third-order valence-electron chi connectivity index (χ3n) is 4.65. The van der Waals surface area contributed by atoms with Gasteiger partial charge in [0.2, 0.25) is 5.91 Å². The Hall–Kier alpha value is -1.20. The Morgan fingerprint density at radius 1 is 1.32 bits per heavy atom. The first-order chi connectivity index (χ1) is 10.3. The van der Waals surface area contributed by atoms with Crippen LogP contribution in [0.2, 0.25) is 0 Å². The molecule has 0 saturated heterocycles. The average molecular weight is 323 g/mol. The summed E-state index contributed by atoms with van der Waals surface area (Å²) in [6.45, 7) is 5.70. The van der Waals surface area contributed by atoms with Gasteiger partial charge in [0.05, 0.1) is 12.7 Å². The lowest BCUT2D eigenvalue weighted by atomic mass is 9.62. The maximum absolute atomic E-state index is 11.5. The summed E-state index contributed by atoms with van der Waals surface area (Å²) in [7, 11) is 1.62. The molecule has 0 aromatic heterocycles. The quantitative estimate of drug-likeness (QED) is 0.831. The van der Waals surface area contributed by atoms with Gasteiger partial charge in [0.25, 0.3) is 0 Å². The molecule has 22 heavy (non-hydrogen) atoms. The maximum atomic E-state index is 11.5. The number of hydrogen-bond donors (Lipinski definition) is 2. The molecule has 5 heteroatoms. The van der Waals surface area contributed by atoms with Crippen LogP contribution in [0.1, 0.15) is 52.0 Å². The Balaban J connectivity index is 2.47. The monoisotopic (exact) mass is 323 g/mol. The van der Waals surface area contributed by atoms with Gasteiger partial charge in [-0.15, -0.1) is 0 Å². The van der Waals surface area contributed by atoms with Crippen LogP contribution in [-0.2, 0) is 10.4 Å². The van der Waals surface area contributed by atoms with E-state index in [1.807, 2.05) is 18.2 Å². The molecule has 2 rings (SSSR count). The second-order valence-corrected chi connectivity index (χ2v) is 7.42. The molecule has 1 unspecified atom stereocenters. The van der Waals surface area contributed by atoms with Crippen molar-refractivity contribution in [1.82, 2.24) is 4.72 Å². The van der Waals surface area contributed by atoms with Gasteiger partial charge in [-0.25, -0.2) is 0 Å². The molecular weight excluding hydrogens is 298 g/mol. The number of ether oxygens (including phenoxy) is 1. The van der Waals surface area contributed by atoms with E-state index in [-0.39, 0.29) is 11.3 Å². The highest BCUT2D eigenvalue weighted by Gasteiger charge is 2.47. The Kier molecular flexibility index (Phi) is 5.07. The molecule has 1 aliphatic rings. The molecule has 1 aromatic rings. The van der Waals surface area contributed by atoms with Crippen LogP contribution >= 0.6 is 11.9 Å². The lowest BCUT2D eigenvalue weighted by Crippen LogP contribution is -2.45. The van der Waals surface area contributed by atoms with Gasteiger partial charge in [-0.1, -0.05) is 26.7 Å². The van der Waals surface area contributed by atoms with Gasteiger partial charge in [-0.05, 0) is 48.4 Å². The first-order valence-electron chi connectivity index (χ1n) is 7.64. The minimum Gasteiger partial charge on any atom is -0.497 e. The van der Waals surface area contributed by atoms with Gasteiger partial charge in [-0.2, -0.15) is 0 Å². The van der Waals surface area contributed by atoms with Crippen molar-refractivity contribution < 1.29 is 14.6 Å². The number of aliphatic hydroxyl groups is 1. The standard InChI is InChI=1S/C17H25NO3S/c1-12(19)18-22-15-8-7-13(21-4)11-14(15)17(20)10-6-5-9-16(17,2)3/h7-8,11,20H,5-6,9-10H2,1-4H3,(H,18,19). The third kappa shape index (κ3) is 3.25. The van der Waals surface area contributed by atoms with Crippen molar-refractivity contribution in [3.63, 3.8) is 0 Å². The highest BCUT2D eigenvalue weighted by atomic mass is 32.2. The molecule has 1 aliphatic carbocycles. The fourth-order valence-corrected chi connectivity index (χ4v) is 3.89. The minimum atomic E-state index is -0.916. The lowest BCUT2D eigenvalue weighted by Gasteiger charge is -2.47. The van der Waals surface area contributed by atoms with Crippen LogP contribution in [0.25, 0.3) is 0 Å². The average Bonchev–Trinajstić information content (AvgIpc) is 2.48. The number of carbonyl (C=O) groups is 1. The Labute approximate surface area is 136 Å². The molecule has 0 aliphatic heterocycles. The molecular formula is C17H25NO3S. The fourth-order valence-electron chi connectivity index (χ4n) is 3.17. The number of methoxy groups -OCH3 is 1. The molecule has 1 amide bonds. The summed E-state index contributed by atoms with van der Waals surface area (Å²) < 4.78 is 8.08. The molecule has 1 atom stereocenters. The fraction of sp³-hybridized carbons (Fsp3) is 0.588. The summed E-state index contributed by atoms with van der Waals surface area (Å²) in [5, 5.41) is 11.5. The molecule has 0 heterocycles. The Bertz CT molecular complexity index is 559. The number of amides is 1. The van der Waals surface area contributed by atoms with Gasteiger partial charge >= 0.3 is 0 Å². The molecule has 1 saturated carbocycles. The molecule has 0 bridgehead atoms. The van der Waals surface area contributed by atoms with Crippen molar-refractivity contribution in [3.05, 3.63) is 23.8 Å². The van der Waals surface area contributed by atoms with Crippen LogP contribution in [-0.4, -0.2) is 18.1 Å². The van der Waals surface area contributed by atoms with Crippen molar-refractivity contribution in [2.75, 3.05) is 7.11 Å². The first-order valence-corrected chi connectivity index (χ1v) is 8.46. The van der Waals surface area contributed by atoms with Gasteiger partial charge in [0, 0.05) is 17.4 Å². The molecule has 122 valence electrons. The number of hydrogen-bond acceptors (Lipinski definition) is 4. The summed E-state index contributed by atoms with van der Waals surface area (Å²) >= 11 is 1.25. The largest absolute Gasteiger partial charge is 0.497 e. The van der Waals surface area contributed by atoms with Crippen LogP contribution in [0.15, 0.2) is 23.1 Å². The zero-order chi connectivity index (χ0) is 16.4. The lowest BCUT2D eigenvalue weighted by molar-refractivity contribution is -0.117. The van der Waals surface area contributed by atoms with Crippen LogP contribution in [0, 0.1) is 5.41 Å². The zero-order valence-electron chi connectivity index (χ0n) is 13.7. The van der Waals surface area contributed by atoms with E-state index in [1.165, 1.54) is 18.9 Å². The predicted molar refractivity (Wildman–Crippen MR) is 88.8 cm³/mol. The molecule has 4 nitrogen and oxygen atoms in total. The topological polar surface area (TPSA) is 58.6 Å². The van der Waals surface area contributed by atoms with E-state index in [2.05, 4.69) is 18.6 Å². The number of benzene rings is 1. The zero-order valence-corrected chi connectivity index (χ0v) is 14.5. The van der Waals surface area contributed by atoms with Gasteiger partial charge in [0.15, 0.2) is 0 Å². The maximum Gasteiger partial charge on any atom is 0.226 e. The molecule has 1 aromatic carbocycles. The molecule has 0 radical (unpaired) electrons. The molecule has 2 N–H and O–H groups in total. The van der Waals surface area contributed by atoms with E-state index < -0.39 is 5.60 Å². The molecule has 0 spiro atoms. The van der Waals surface area contributed by atoms with E-state index >= 15 is 0 Å². The van der Waals surface area contributed by atoms with Crippen LogP contribution in [0.3, 0.4) is 0 Å². The number of nitrogens with one attached hydrogen (secondary N) is 1. The van der Waals surface area contributed by atoms with Gasteiger partial charge in [-0.3, -0.25) is 9.52 Å². The van der Waals surface area contributed by atoms with Crippen molar-refractivity contribution >= 4 is 17.9 Å². The summed E-state index contributed by atoms with van der Waals surface area (Å²) in [5.41, 5.74) is -0.292. The van der Waals surface area contributed by atoms with E-state index in [1.54, 1.807) is 7.11 Å². The highest BCUT2D eigenvalue weighted by Crippen LogP contribution is 2.52. The highest BCUT2D eigenvalue weighted by molar-refractivity contribution is 7.98. The van der Waals surface area contributed by atoms with Crippen molar-refractivity contribution in [2.24, 2.45) is 5.41 Å². The number of carbonyl (C=O) groups excluding carboxylic acids is 1. The van der Waals surface area contributed by atoms with Crippen molar-refractivity contribution in [1.29, 1.82) is 0 Å². The van der Waals surface area contributed by atoms with Crippen molar-refractivity contribution in [2.45, 2.75) is 57.0 Å². The van der Waals surface area contributed by atoms with Gasteiger partial charge in [0.1, 0.15) is 5.75 Å². The third-order valence-corrected chi connectivity index (χ3v) is 5.61. The summed E-state index contributed by atoms with van der Waals surface area (Å²) in [6.07, 6.45) is 3.83. The molecule has 1 fully saturated rings. The second-order valence-electron chi connectivity index (χ2n) is 6.57. The van der Waals surface area contributed by atoms with Crippen LogP contribution < -0.4 is 9.46 Å². The SMILES string of the molecule is COc1ccc(SNC(C)=O)c(C2(O)CCCCC2(C)C)c1. The Morgan fingerprint density at radius 2 is 2.00 bits per heavy atom. The van der Waals surface area contributed by atoms with E-state index in [4.69, 9.17) is 4.74 Å². The first kappa shape index (κ1) is 17.2. The number of rotatable bonds is 4. The second kappa shape index (κ2) is 6.50. The van der Waals surface area contributed by atoms with Crippen LogP contribution in [0.4, 0.5) is 0 Å². The predicted octanol–water partition coefficient (Wildman–Crippen LogP) is 3.63. The van der Waals surface area contributed by atoms with E-state index in [0.29, 0.717) is 0 Å². The van der Waals surface area contributed by atoms with E-state index in [9.17, 15) is 9.90 Å². The van der Waals surface area contributed by atoms with Gasteiger partial charge < -0.3 is 9.84 Å². The summed E-state index contributed by atoms with van der Waals surface area (Å²) in [6, 6.07) is 5.65. The van der Waals surface area contributed by atoms with E-state index in [0.717, 1.165) is 41.9 Å². The summed E-state index contributed by atoms with van der Waals surface area (Å²) in [4.78, 5) is 12.1. The Morgan fingerprint density at radius 3 is 2.59 bits per heavy atom. The summed E-state index contributed by atoms with van der Waals surface area (Å²) in [5.74, 6) is 0.610.